The number of hydrazine groups is 1. The van der Waals surface area contributed by atoms with E-state index >= 15 is 0 Å². The fourth-order valence-electron chi connectivity index (χ4n) is 0.729. The van der Waals surface area contributed by atoms with Crippen LogP contribution in [0.5, 0.6) is 5.75 Å². The summed E-state index contributed by atoms with van der Waals surface area (Å²) in [4.78, 5) is 0. The Labute approximate surface area is 64.1 Å². The van der Waals surface area contributed by atoms with E-state index in [0.29, 0.717) is 5.69 Å². The van der Waals surface area contributed by atoms with E-state index in [9.17, 15) is 4.48 Å². The molecule has 0 aromatic heterocycles. The Morgan fingerprint density at radius 2 is 1.91 bits per heavy atom. The van der Waals surface area contributed by atoms with Crippen molar-refractivity contribution < 1.29 is 9.22 Å². The maximum absolute atomic E-state index is 11.5. The largest absolute Gasteiger partial charge is 0.497 e. The second-order valence-corrected chi connectivity index (χ2v) is 1.95. The molecule has 0 saturated carbocycles. The van der Waals surface area contributed by atoms with Crippen LogP contribution >= 0.6 is 0 Å². The summed E-state index contributed by atoms with van der Waals surface area (Å²) in [6.45, 7) is 0. The zero-order valence-electron chi connectivity index (χ0n) is 6.10. The maximum atomic E-state index is 11.5. The van der Waals surface area contributed by atoms with Crippen LogP contribution in [0.2, 0.25) is 0 Å². The standard InChI is InChI=1S/C7H9FN2O/c1-11-7-4-2-6(3-5-7)9-10-8/h2-5,9-10H,1H3. The average Bonchev–Trinajstić information content (AvgIpc) is 2.07. The van der Waals surface area contributed by atoms with Crippen LogP contribution < -0.4 is 15.8 Å². The molecule has 0 aliphatic carbocycles. The lowest BCUT2D eigenvalue weighted by Crippen LogP contribution is -2.09. The predicted molar refractivity (Wildman–Crippen MR) is 40.9 cm³/mol. The normalized spacial score (nSPS) is 9.27. The zero-order valence-corrected chi connectivity index (χ0v) is 6.10. The number of rotatable bonds is 3. The van der Waals surface area contributed by atoms with Crippen molar-refractivity contribution in [2.45, 2.75) is 0 Å². The zero-order chi connectivity index (χ0) is 8.10. The monoisotopic (exact) mass is 156 g/mol. The molecule has 0 unspecified atom stereocenters. The van der Waals surface area contributed by atoms with Gasteiger partial charge >= 0.3 is 0 Å². The van der Waals surface area contributed by atoms with Crippen LogP contribution in [0, 0.1) is 0 Å². The van der Waals surface area contributed by atoms with Gasteiger partial charge in [-0.25, -0.2) is 0 Å². The first-order chi connectivity index (χ1) is 5.36. The topological polar surface area (TPSA) is 33.3 Å². The summed E-state index contributed by atoms with van der Waals surface area (Å²) >= 11 is 0. The van der Waals surface area contributed by atoms with Crippen LogP contribution in [0.15, 0.2) is 24.3 Å². The first-order valence-electron chi connectivity index (χ1n) is 3.12. The molecular formula is C7H9FN2O. The molecule has 0 spiro atoms. The van der Waals surface area contributed by atoms with Crippen molar-refractivity contribution in [1.82, 2.24) is 5.65 Å². The lowest BCUT2D eigenvalue weighted by atomic mass is 10.3. The minimum Gasteiger partial charge on any atom is -0.497 e. The molecule has 0 fully saturated rings. The van der Waals surface area contributed by atoms with Gasteiger partial charge in [-0.2, -0.15) is 0 Å². The van der Waals surface area contributed by atoms with Gasteiger partial charge in [-0.15, -0.1) is 4.48 Å². The van der Waals surface area contributed by atoms with E-state index in [0.717, 1.165) is 5.75 Å². The lowest BCUT2D eigenvalue weighted by molar-refractivity contribution is 0.376. The Bertz CT molecular complexity index is 212. The van der Waals surface area contributed by atoms with Gasteiger partial charge in [0, 0.05) is 0 Å². The van der Waals surface area contributed by atoms with E-state index < -0.39 is 0 Å². The van der Waals surface area contributed by atoms with Crippen LogP contribution in [0.25, 0.3) is 0 Å². The average molecular weight is 156 g/mol. The minimum absolute atomic E-state index is 0.647. The van der Waals surface area contributed by atoms with Gasteiger partial charge in [-0.3, -0.25) is 5.43 Å². The second-order valence-electron chi connectivity index (χ2n) is 1.95. The number of benzene rings is 1. The second kappa shape index (κ2) is 3.78. The van der Waals surface area contributed by atoms with Gasteiger partial charge in [0.15, 0.2) is 0 Å². The van der Waals surface area contributed by atoms with Crippen molar-refractivity contribution >= 4 is 5.69 Å². The Morgan fingerprint density at radius 1 is 1.27 bits per heavy atom. The van der Waals surface area contributed by atoms with E-state index in [-0.39, 0.29) is 0 Å². The number of anilines is 1. The van der Waals surface area contributed by atoms with Gasteiger partial charge in [-0.1, -0.05) is 5.65 Å². The number of methoxy groups -OCH3 is 1. The van der Waals surface area contributed by atoms with Gasteiger partial charge in [0.05, 0.1) is 12.8 Å². The molecule has 0 saturated heterocycles. The number of hydrogen-bond acceptors (Lipinski definition) is 3. The van der Waals surface area contributed by atoms with Crippen LogP contribution in [-0.2, 0) is 0 Å². The third-order valence-corrected chi connectivity index (χ3v) is 1.28. The Hall–Kier alpha value is -1.29. The van der Waals surface area contributed by atoms with Gasteiger partial charge in [0.1, 0.15) is 5.75 Å². The molecular weight excluding hydrogens is 147 g/mol. The Balaban J connectivity index is 2.66. The number of hydrogen-bond donors (Lipinski definition) is 2. The summed E-state index contributed by atoms with van der Waals surface area (Å²) in [5.74, 6) is 0.745. The SMILES string of the molecule is COc1ccc(NNF)cc1. The fraction of sp³-hybridized carbons (Fsp3) is 0.143. The first-order valence-corrected chi connectivity index (χ1v) is 3.12. The Kier molecular flexibility index (Phi) is 2.68. The van der Waals surface area contributed by atoms with Crippen molar-refractivity contribution in [3.05, 3.63) is 24.3 Å². The molecule has 0 aliphatic rings. The van der Waals surface area contributed by atoms with Crippen LogP contribution in [-0.4, -0.2) is 7.11 Å². The summed E-state index contributed by atoms with van der Waals surface area (Å²) in [5, 5.41) is 0. The highest BCUT2D eigenvalue weighted by Crippen LogP contribution is 2.13. The molecule has 0 amide bonds. The maximum Gasteiger partial charge on any atom is 0.119 e. The first kappa shape index (κ1) is 7.81. The third-order valence-electron chi connectivity index (χ3n) is 1.28. The van der Waals surface area contributed by atoms with Crippen LogP contribution in [0.3, 0.4) is 0 Å². The molecule has 0 heterocycles. The Morgan fingerprint density at radius 3 is 2.36 bits per heavy atom. The van der Waals surface area contributed by atoms with Crippen molar-refractivity contribution in [1.29, 1.82) is 0 Å². The van der Waals surface area contributed by atoms with Gasteiger partial charge in [0.2, 0.25) is 0 Å². The van der Waals surface area contributed by atoms with E-state index in [4.69, 9.17) is 4.74 Å². The third kappa shape index (κ3) is 2.09. The van der Waals surface area contributed by atoms with Crippen molar-refractivity contribution in [3.8, 4) is 5.75 Å². The molecule has 4 heteroatoms. The summed E-state index contributed by atoms with van der Waals surface area (Å²) in [6, 6.07) is 6.87. The van der Waals surface area contributed by atoms with Crippen LogP contribution in [0.4, 0.5) is 10.2 Å². The summed E-state index contributed by atoms with van der Waals surface area (Å²) in [5.41, 5.74) is 4.26. The highest BCUT2D eigenvalue weighted by molar-refractivity contribution is 5.45. The number of halogens is 1. The molecule has 0 aliphatic heterocycles. The van der Waals surface area contributed by atoms with E-state index in [1.807, 2.05) is 0 Å². The highest BCUT2D eigenvalue weighted by Gasteiger charge is 1.90. The van der Waals surface area contributed by atoms with Crippen molar-refractivity contribution in [2.24, 2.45) is 0 Å². The summed E-state index contributed by atoms with van der Waals surface area (Å²) in [6.07, 6.45) is 0. The lowest BCUT2D eigenvalue weighted by Gasteiger charge is -2.02. The van der Waals surface area contributed by atoms with Crippen molar-refractivity contribution in [3.63, 3.8) is 0 Å². The molecule has 1 rings (SSSR count). The summed E-state index contributed by atoms with van der Waals surface area (Å²) < 4.78 is 16.4. The minimum atomic E-state index is 0.647. The molecule has 11 heavy (non-hydrogen) atoms. The van der Waals surface area contributed by atoms with Crippen molar-refractivity contribution in [2.75, 3.05) is 12.5 Å². The van der Waals surface area contributed by atoms with E-state index in [2.05, 4.69) is 5.43 Å². The fourth-order valence-corrected chi connectivity index (χ4v) is 0.729. The predicted octanol–water partition coefficient (Wildman–Crippen LogP) is 1.50. The molecule has 1 aromatic carbocycles. The molecule has 1 aromatic rings. The molecule has 0 atom stereocenters. The molecule has 0 radical (unpaired) electrons. The van der Waals surface area contributed by atoms with Gasteiger partial charge in [-0.05, 0) is 24.3 Å². The molecule has 2 N–H and O–H groups in total. The summed E-state index contributed by atoms with van der Waals surface area (Å²) in [7, 11) is 1.58. The smallest absolute Gasteiger partial charge is 0.119 e. The van der Waals surface area contributed by atoms with Gasteiger partial charge < -0.3 is 4.74 Å². The number of ether oxygens (including phenoxy) is 1. The molecule has 0 bridgehead atoms. The van der Waals surface area contributed by atoms with Gasteiger partial charge in [0.25, 0.3) is 0 Å². The van der Waals surface area contributed by atoms with Crippen LogP contribution in [0.1, 0.15) is 0 Å². The molecule has 60 valence electrons. The molecule has 3 nitrogen and oxygen atoms in total. The highest BCUT2D eigenvalue weighted by atomic mass is 19.2. The number of nitrogens with one attached hydrogen (secondary N) is 2. The van der Waals surface area contributed by atoms with E-state index in [1.165, 1.54) is 5.65 Å². The quantitative estimate of drug-likeness (QED) is 0.514. The van der Waals surface area contributed by atoms with E-state index in [1.54, 1.807) is 31.4 Å².